The molecular formula is C17H20N4O3. The molecule has 1 atom stereocenters. The van der Waals surface area contributed by atoms with Crippen molar-refractivity contribution in [2.45, 2.75) is 13.3 Å². The van der Waals surface area contributed by atoms with Gasteiger partial charge in [-0.25, -0.2) is 4.79 Å². The number of hydrogen-bond donors (Lipinski definition) is 3. The molecular weight excluding hydrogens is 308 g/mol. The Hall–Kier alpha value is -2.83. The predicted octanol–water partition coefficient (Wildman–Crippen LogP) is 0.628. The van der Waals surface area contributed by atoms with Crippen LogP contribution in [0.2, 0.25) is 0 Å². The van der Waals surface area contributed by atoms with E-state index in [2.05, 4.69) is 46.4 Å². The lowest BCUT2D eigenvalue weighted by Gasteiger charge is -2.19. The zero-order valence-corrected chi connectivity index (χ0v) is 13.5. The average Bonchev–Trinajstić information content (AvgIpc) is 3.02. The molecule has 3 rings (SSSR count). The summed E-state index contributed by atoms with van der Waals surface area (Å²) in [6, 6.07) is 8.39. The largest absolute Gasteiger partial charge is 0.371 e. The van der Waals surface area contributed by atoms with Gasteiger partial charge in [-0.1, -0.05) is 17.7 Å². The summed E-state index contributed by atoms with van der Waals surface area (Å²) < 4.78 is 0. The van der Waals surface area contributed by atoms with Gasteiger partial charge in [0.15, 0.2) is 0 Å². The maximum Gasteiger partial charge on any atom is 0.325 e. The number of aromatic nitrogens is 2. The van der Waals surface area contributed by atoms with Crippen LogP contribution in [0.1, 0.15) is 22.3 Å². The van der Waals surface area contributed by atoms with Crippen molar-refractivity contribution < 1.29 is 4.79 Å². The molecule has 7 nitrogen and oxygen atoms in total. The van der Waals surface area contributed by atoms with Crippen LogP contribution in [-0.4, -0.2) is 35.5 Å². The standard InChI is InChI=1S/C17H20N4O3/c1-11-2-4-13(5-3-11)21-7-6-12(10-21)8-18-15(22)14-9-19-17(24)20-16(14)23/h2-5,9,12H,6-8,10H2,1H3,(H,18,22)(H2,19,20,23,24)/t12-/m0/s1. The normalized spacial score (nSPS) is 17.0. The topological polar surface area (TPSA) is 98.1 Å². The van der Waals surface area contributed by atoms with Crippen LogP contribution in [0.5, 0.6) is 0 Å². The third kappa shape index (κ3) is 3.56. The van der Waals surface area contributed by atoms with Crippen LogP contribution in [0.4, 0.5) is 5.69 Å². The van der Waals surface area contributed by atoms with Crippen molar-refractivity contribution in [2.75, 3.05) is 24.5 Å². The van der Waals surface area contributed by atoms with Crippen LogP contribution in [0.25, 0.3) is 0 Å². The van der Waals surface area contributed by atoms with Gasteiger partial charge in [0.25, 0.3) is 11.5 Å². The van der Waals surface area contributed by atoms with Crippen molar-refractivity contribution in [1.29, 1.82) is 0 Å². The Morgan fingerprint density at radius 1 is 1.29 bits per heavy atom. The molecule has 126 valence electrons. The first kappa shape index (κ1) is 16.0. The van der Waals surface area contributed by atoms with E-state index in [1.165, 1.54) is 11.3 Å². The first-order valence-corrected chi connectivity index (χ1v) is 7.95. The summed E-state index contributed by atoms with van der Waals surface area (Å²) in [5.74, 6) is -0.140. The van der Waals surface area contributed by atoms with Crippen LogP contribution >= 0.6 is 0 Å². The maximum atomic E-state index is 12.1. The Morgan fingerprint density at radius 2 is 2.04 bits per heavy atom. The fourth-order valence-electron chi connectivity index (χ4n) is 2.90. The highest BCUT2D eigenvalue weighted by molar-refractivity contribution is 5.93. The van der Waals surface area contributed by atoms with Gasteiger partial charge in [-0.15, -0.1) is 0 Å². The third-order valence-corrected chi connectivity index (χ3v) is 4.30. The first-order chi connectivity index (χ1) is 11.5. The molecule has 0 bridgehead atoms. The minimum Gasteiger partial charge on any atom is -0.371 e. The zero-order valence-electron chi connectivity index (χ0n) is 13.5. The molecule has 1 aromatic heterocycles. The number of H-pyrrole nitrogens is 2. The second-order valence-electron chi connectivity index (χ2n) is 6.13. The Kier molecular flexibility index (Phi) is 4.50. The van der Waals surface area contributed by atoms with E-state index in [0.717, 1.165) is 25.7 Å². The van der Waals surface area contributed by atoms with Gasteiger partial charge in [0.05, 0.1) is 0 Å². The zero-order chi connectivity index (χ0) is 17.1. The molecule has 0 radical (unpaired) electrons. The van der Waals surface area contributed by atoms with E-state index in [-0.39, 0.29) is 5.56 Å². The first-order valence-electron chi connectivity index (χ1n) is 7.95. The number of aromatic amines is 2. The Bertz CT molecular complexity index is 838. The molecule has 7 heteroatoms. The Labute approximate surface area is 138 Å². The summed E-state index contributed by atoms with van der Waals surface area (Å²) in [6.45, 7) is 4.37. The van der Waals surface area contributed by atoms with Gasteiger partial charge >= 0.3 is 5.69 Å². The lowest BCUT2D eigenvalue weighted by Crippen LogP contribution is -2.36. The van der Waals surface area contributed by atoms with Crippen LogP contribution in [0.3, 0.4) is 0 Å². The van der Waals surface area contributed by atoms with E-state index in [9.17, 15) is 14.4 Å². The van der Waals surface area contributed by atoms with Gasteiger partial charge in [0.2, 0.25) is 0 Å². The number of amides is 1. The minimum absolute atomic E-state index is 0.0806. The number of nitrogens with zero attached hydrogens (tertiary/aromatic N) is 1. The molecule has 0 saturated carbocycles. The van der Waals surface area contributed by atoms with Crippen molar-refractivity contribution in [1.82, 2.24) is 15.3 Å². The monoisotopic (exact) mass is 328 g/mol. The molecule has 1 saturated heterocycles. The molecule has 24 heavy (non-hydrogen) atoms. The Morgan fingerprint density at radius 3 is 2.75 bits per heavy atom. The molecule has 1 amide bonds. The second kappa shape index (κ2) is 6.74. The van der Waals surface area contributed by atoms with Crippen molar-refractivity contribution in [3.05, 3.63) is 62.4 Å². The summed E-state index contributed by atoms with van der Waals surface area (Å²) in [4.78, 5) is 41.3. The van der Waals surface area contributed by atoms with E-state index in [4.69, 9.17) is 0 Å². The number of benzene rings is 1. The molecule has 0 unspecified atom stereocenters. The third-order valence-electron chi connectivity index (χ3n) is 4.30. The smallest absolute Gasteiger partial charge is 0.325 e. The summed E-state index contributed by atoms with van der Waals surface area (Å²) in [5, 5.41) is 2.77. The van der Waals surface area contributed by atoms with Gasteiger partial charge in [0.1, 0.15) is 5.56 Å². The quantitative estimate of drug-likeness (QED) is 0.766. The van der Waals surface area contributed by atoms with E-state index in [1.807, 2.05) is 4.98 Å². The summed E-state index contributed by atoms with van der Waals surface area (Å²) in [5.41, 5.74) is 1.03. The van der Waals surface area contributed by atoms with E-state index in [1.54, 1.807) is 0 Å². The highest BCUT2D eigenvalue weighted by Gasteiger charge is 2.23. The van der Waals surface area contributed by atoms with Gasteiger partial charge < -0.3 is 15.2 Å². The molecule has 0 aliphatic carbocycles. The van der Waals surface area contributed by atoms with Gasteiger partial charge in [-0.05, 0) is 31.4 Å². The highest BCUT2D eigenvalue weighted by Crippen LogP contribution is 2.23. The molecule has 3 N–H and O–H groups in total. The van der Waals surface area contributed by atoms with Crippen molar-refractivity contribution >= 4 is 11.6 Å². The lowest BCUT2D eigenvalue weighted by molar-refractivity contribution is 0.0946. The molecule has 1 aliphatic heterocycles. The summed E-state index contributed by atoms with van der Waals surface area (Å²) >= 11 is 0. The molecule has 1 fully saturated rings. The van der Waals surface area contributed by atoms with Crippen molar-refractivity contribution in [2.24, 2.45) is 5.92 Å². The van der Waals surface area contributed by atoms with Crippen LogP contribution < -0.4 is 21.5 Å². The van der Waals surface area contributed by atoms with Gasteiger partial charge in [0, 0.05) is 31.5 Å². The fraction of sp³-hybridized carbons (Fsp3) is 0.353. The molecule has 0 spiro atoms. The minimum atomic E-state index is -0.677. The molecule has 1 aromatic carbocycles. The lowest BCUT2D eigenvalue weighted by atomic mass is 10.1. The van der Waals surface area contributed by atoms with Crippen LogP contribution in [0, 0.1) is 12.8 Å². The van der Waals surface area contributed by atoms with Gasteiger partial charge in [-0.3, -0.25) is 14.6 Å². The van der Waals surface area contributed by atoms with Crippen molar-refractivity contribution in [3.8, 4) is 0 Å². The summed E-state index contributed by atoms with van der Waals surface area (Å²) in [6.07, 6.45) is 2.12. The fourth-order valence-corrected chi connectivity index (χ4v) is 2.90. The second-order valence-corrected chi connectivity index (χ2v) is 6.13. The molecule has 2 aromatic rings. The number of carbonyl (C=O) groups excluding carboxylic acids is 1. The van der Waals surface area contributed by atoms with Crippen LogP contribution in [0.15, 0.2) is 40.1 Å². The summed E-state index contributed by atoms with van der Waals surface area (Å²) in [7, 11) is 0. The van der Waals surface area contributed by atoms with Crippen LogP contribution in [-0.2, 0) is 0 Å². The SMILES string of the molecule is Cc1ccc(N2CC[C@@H](CNC(=O)c3c[nH]c(=O)[nH]c3=O)C2)cc1. The number of nitrogens with one attached hydrogen (secondary N) is 3. The molecule has 1 aliphatic rings. The van der Waals surface area contributed by atoms with Crippen molar-refractivity contribution in [3.63, 3.8) is 0 Å². The Balaban J connectivity index is 1.56. The predicted molar refractivity (Wildman–Crippen MR) is 91.5 cm³/mol. The number of rotatable bonds is 4. The van der Waals surface area contributed by atoms with E-state index < -0.39 is 17.2 Å². The average molecular weight is 328 g/mol. The molecule has 2 heterocycles. The van der Waals surface area contributed by atoms with E-state index in [0.29, 0.717) is 12.5 Å². The number of aryl methyl sites for hydroxylation is 1. The van der Waals surface area contributed by atoms with Gasteiger partial charge in [-0.2, -0.15) is 0 Å². The number of hydrogen-bond acceptors (Lipinski definition) is 4. The highest BCUT2D eigenvalue weighted by atomic mass is 16.2. The number of anilines is 1. The maximum absolute atomic E-state index is 12.1. The van der Waals surface area contributed by atoms with E-state index >= 15 is 0 Å². The number of carbonyl (C=O) groups is 1.